The minimum Gasteiger partial charge on any atom is -0.334 e. The van der Waals surface area contributed by atoms with E-state index in [0.717, 1.165) is 29.5 Å². The first-order chi connectivity index (χ1) is 9.04. The molecule has 0 fully saturated rings. The number of hydrogen-bond donors (Lipinski definition) is 0. The minimum absolute atomic E-state index is 0.107. The van der Waals surface area contributed by atoms with E-state index in [-0.39, 0.29) is 11.9 Å². The molecule has 0 saturated heterocycles. The van der Waals surface area contributed by atoms with E-state index < -0.39 is 0 Å². The van der Waals surface area contributed by atoms with E-state index >= 15 is 0 Å². The van der Waals surface area contributed by atoms with E-state index in [1.807, 2.05) is 36.9 Å². The van der Waals surface area contributed by atoms with Gasteiger partial charge >= 0.3 is 0 Å². The molecule has 19 heavy (non-hydrogen) atoms. The summed E-state index contributed by atoms with van der Waals surface area (Å²) in [6.07, 6.45) is 1.92. The SMILES string of the molecule is CCC(CC)N(CCCl)C(=O)c1cc(C)ccc1C. The molecule has 0 spiro atoms. The van der Waals surface area contributed by atoms with Crippen LogP contribution in [0.5, 0.6) is 0 Å². The third kappa shape index (κ3) is 3.97. The molecule has 2 nitrogen and oxygen atoms in total. The minimum atomic E-state index is 0.107. The molecule has 106 valence electrons. The monoisotopic (exact) mass is 281 g/mol. The Kier molecular flexibility index (Phi) is 6.36. The second kappa shape index (κ2) is 7.54. The summed E-state index contributed by atoms with van der Waals surface area (Å²) in [7, 11) is 0. The molecular formula is C16H24ClNO. The fourth-order valence-corrected chi connectivity index (χ4v) is 2.57. The lowest BCUT2D eigenvalue weighted by molar-refractivity contribution is 0.0681. The lowest BCUT2D eigenvalue weighted by atomic mass is 10.0. The number of aryl methyl sites for hydroxylation is 2. The predicted octanol–water partition coefficient (Wildman–Crippen LogP) is 4.17. The highest BCUT2D eigenvalue weighted by Crippen LogP contribution is 2.18. The highest BCUT2D eigenvalue weighted by atomic mass is 35.5. The predicted molar refractivity (Wildman–Crippen MR) is 82.0 cm³/mol. The van der Waals surface area contributed by atoms with Crippen LogP contribution in [0.25, 0.3) is 0 Å². The summed E-state index contributed by atoms with van der Waals surface area (Å²) in [5, 5.41) is 0. The molecule has 0 saturated carbocycles. The van der Waals surface area contributed by atoms with Crippen molar-refractivity contribution in [1.29, 1.82) is 0 Å². The molecule has 0 N–H and O–H groups in total. The molecule has 3 heteroatoms. The lowest BCUT2D eigenvalue weighted by Gasteiger charge is -2.30. The van der Waals surface area contributed by atoms with Gasteiger partial charge in [-0.05, 0) is 38.3 Å². The Bertz CT molecular complexity index is 427. The van der Waals surface area contributed by atoms with Crippen molar-refractivity contribution >= 4 is 17.5 Å². The second-order valence-electron chi connectivity index (χ2n) is 4.98. The molecule has 0 aliphatic rings. The van der Waals surface area contributed by atoms with Gasteiger partial charge in [0.25, 0.3) is 5.91 Å². The lowest BCUT2D eigenvalue weighted by Crippen LogP contribution is -2.41. The Morgan fingerprint density at radius 3 is 2.42 bits per heavy atom. The maximum atomic E-state index is 12.7. The normalized spacial score (nSPS) is 10.8. The van der Waals surface area contributed by atoms with Crippen molar-refractivity contribution in [3.8, 4) is 0 Å². The Labute approximate surface area is 121 Å². The van der Waals surface area contributed by atoms with Gasteiger partial charge in [-0.15, -0.1) is 11.6 Å². The van der Waals surface area contributed by atoms with Crippen LogP contribution in [-0.4, -0.2) is 29.3 Å². The van der Waals surface area contributed by atoms with Gasteiger partial charge in [0.05, 0.1) is 0 Å². The summed E-state index contributed by atoms with van der Waals surface area (Å²) in [5.41, 5.74) is 2.95. The van der Waals surface area contributed by atoms with Crippen molar-refractivity contribution in [3.05, 3.63) is 34.9 Å². The van der Waals surface area contributed by atoms with Crippen LogP contribution in [0, 0.1) is 13.8 Å². The highest BCUT2D eigenvalue weighted by Gasteiger charge is 2.23. The smallest absolute Gasteiger partial charge is 0.254 e. The fraction of sp³-hybridized carbons (Fsp3) is 0.562. The van der Waals surface area contributed by atoms with Gasteiger partial charge in [0.1, 0.15) is 0 Å². The van der Waals surface area contributed by atoms with Crippen LogP contribution in [0.4, 0.5) is 0 Å². The summed E-state index contributed by atoms with van der Waals surface area (Å²) in [6, 6.07) is 6.29. The van der Waals surface area contributed by atoms with Gasteiger partial charge in [0, 0.05) is 24.0 Å². The number of halogens is 1. The number of alkyl halides is 1. The maximum absolute atomic E-state index is 12.7. The largest absolute Gasteiger partial charge is 0.334 e. The van der Waals surface area contributed by atoms with E-state index in [9.17, 15) is 4.79 Å². The molecule has 1 aromatic carbocycles. The van der Waals surface area contributed by atoms with Crippen LogP contribution >= 0.6 is 11.6 Å². The molecular weight excluding hydrogens is 258 g/mol. The highest BCUT2D eigenvalue weighted by molar-refractivity contribution is 6.18. The van der Waals surface area contributed by atoms with Gasteiger partial charge in [-0.25, -0.2) is 0 Å². The zero-order chi connectivity index (χ0) is 14.4. The van der Waals surface area contributed by atoms with E-state index in [1.54, 1.807) is 0 Å². The van der Waals surface area contributed by atoms with Crippen molar-refractivity contribution in [2.24, 2.45) is 0 Å². The first kappa shape index (κ1) is 16.0. The average molecular weight is 282 g/mol. The Morgan fingerprint density at radius 2 is 1.89 bits per heavy atom. The molecule has 0 heterocycles. The van der Waals surface area contributed by atoms with E-state index in [2.05, 4.69) is 13.8 Å². The van der Waals surface area contributed by atoms with Crippen molar-refractivity contribution < 1.29 is 4.79 Å². The molecule has 0 aromatic heterocycles. The molecule has 0 radical (unpaired) electrons. The summed E-state index contributed by atoms with van der Waals surface area (Å²) in [4.78, 5) is 14.7. The molecule has 0 atom stereocenters. The van der Waals surface area contributed by atoms with Crippen LogP contribution in [0.15, 0.2) is 18.2 Å². The van der Waals surface area contributed by atoms with Gasteiger partial charge in [-0.1, -0.05) is 31.5 Å². The maximum Gasteiger partial charge on any atom is 0.254 e. The first-order valence-electron chi connectivity index (χ1n) is 6.99. The molecule has 0 unspecified atom stereocenters. The Hall–Kier alpha value is -1.02. The van der Waals surface area contributed by atoms with E-state index in [1.165, 1.54) is 0 Å². The average Bonchev–Trinajstić information content (AvgIpc) is 2.41. The number of benzene rings is 1. The summed E-state index contributed by atoms with van der Waals surface area (Å²) >= 11 is 5.86. The summed E-state index contributed by atoms with van der Waals surface area (Å²) in [5.74, 6) is 0.586. The molecule has 1 amide bonds. The molecule has 1 rings (SSSR count). The van der Waals surface area contributed by atoms with Crippen molar-refractivity contribution in [3.63, 3.8) is 0 Å². The first-order valence-corrected chi connectivity index (χ1v) is 7.52. The fourth-order valence-electron chi connectivity index (χ4n) is 2.39. The number of carbonyl (C=O) groups excluding carboxylic acids is 1. The zero-order valence-corrected chi connectivity index (χ0v) is 13.1. The van der Waals surface area contributed by atoms with Crippen LogP contribution in [0.2, 0.25) is 0 Å². The van der Waals surface area contributed by atoms with Gasteiger partial charge in [0.15, 0.2) is 0 Å². The number of carbonyl (C=O) groups is 1. The molecule has 0 bridgehead atoms. The van der Waals surface area contributed by atoms with Crippen LogP contribution in [-0.2, 0) is 0 Å². The van der Waals surface area contributed by atoms with Gasteiger partial charge in [0.2, 0.25) is 0 Å². The quantitative estimate of drug-likeness (QED) is 0.717. The third-order valence-corrected chi connectivity index (χ3v) is 3.76. The van der Waals surface area contributed by atoms with Crippen LogP contribution in [0.3, 0.4) is 0 Å². The van der Waals surface area contributed by atoms with Crippen LogP contribution in [0.1, 0.15) is 48.2 Å². The molecule has 0 aliphatic heterocycles. The number of amides is 1. The zero-order valence-electron chi connectivity index (χ0n) is 12.4. The van der Waals surface area contributed by atoms with Crippen LogP contribution < -0.4 is 0 Å². The summed E-state index contributed by atoms with van der Waals surface area (Å²) in [6.45, 7) is 8.84. The van der Waals surface area contributed by atoms with E-state index in [4.69, 9.17) is 11.6 Å². The molecule has 0 aliphatic carbocycles. The van der Waals surface area contributed by atoms with Gasteiger partial charge in [-0.3, -0.25) is 4.79 Å². The number of nitrogens with zero attached hydrogens (tertiary/aromatic N) is 1. The van der Waals surface area contributed by atoms with Crippen molar-refractivity contribution in [2.75, 3.05) is 12.4 Å². The van der Waals surface area contributed by atoms with E-state index in [0.29, 0.717) is 12.4 Å². The topological polar surface area (TPSA) is 20.3 Å². The standard InChI is InChI=1S/C16H24ClNO/c1-5-14(6-2)18(10-9-17)16(19)15-11-12(3)7-8-13(15)4/h7-8,11,14H,5-6,9-10H2,1-4H3. The van der Waals surface area contributed by atoms with Crippen molar-refractivity contribution in [2.45, 2.75) is 46.6 Å². The Morgan fingerprint density at radius 1 is 1.26 bits per heavy atom. The second-order valence-corrected chi connectivity index (χ2v) is 5.35. The van der Waals surface area contributed by atoms with Gasteiger partial charge in [-0.2, -0.15) is 0 Å². The number of rotatable bonds is 6. The van der Waals surface area contributed by atoms with Gasteiger partial charge < -0.3 is 4.90 Å². The summed E-state index contributed by atoms with van der Waals surface area (Å²) < 4.78 is 0. The Balaban J connectivity index is 3.08. The third-order valence-electron chi connectivity index (χ3n) is 3.59. The number of hydrogen-bond acceptors (Lipinski definition) is 1. The molecule has 1 aromatic rings. The van der Waals surface area contributed by atoms with Crippen molar-refractivity contribution in [1.82, 2.24) is 4.90 Å².